The van der Waals surface area contributed by atoms with Crippen LogP contribution in [0.25, 0.3) is 5.69 Å². The maximum absolute atomic E-state index is 13.6. The number of thioether (sulfide) groups is 1. The van der Waals surface area contributed by atoms with Crippen LogP contribution in [0.5, 0.6) is 0 Å². The fraction of sp³-hybridized carbons (Fsp3) is 0.161. The first-order chi connectivity index (χ1) is 19.7. The van der Waals surface area contributed by atoms with E-state index in [9.17, 15) is 8.42 Å². The van der Waals surface area contributed by atoms with E-state index >= 15 is 0 Å². The topological polar surface area (TPSA) is 76.9 Å². The summed E-state index contributed by atoms with van der Waals surface area (Å²) in [6, 6.07) is 29.5. The van der Waals surface area contributed by atoms with Gasteiger partial charge in [0.1, 0.15) is 0 Å². The average molecular weight is 668 g/mol. The Morgan fingerprint density at radius 1 is 0.902 bits per heavy atom. The standard InChI is InChI=1S/C31H28BrClN4O2S2/c1-21-7-6-10-24(17-21)20-40-31-35-34-30(37(31)29-19-26(33)14-11-22(29)2)28(18-23-8-4-3-5-9-23)36-41(38,39)27-15-12-25(32)13-16-27/h3-17,19,28,36H,18,20H2,1-2H3. The van der Waals surface area contributed by atoms with Crippen molar-refractivity contribution in [3.8, 4) is 5.69 Å². The molecule has 1 N–H and O–H groups in total. The molecule has 1 unspecified atom stereocenters. The van der Waals surface area contributed by atoms with Gasteiger partial charge in [0.2, 0.25) is 10.0 Å². The summed E-state index contributed by atoms with van der Waals surface area (Å²) in [5.74, 6) is 1.15. The van der Waals surface area contributed by atoms with Crippen molar-refractivity contribution >= 4 is 49.3 Å². The minimum atomic E-state index is -3.90. The summed E-state index contributed by atoms with van der Waals surface area (Å²) in [6.45, 7) is 4.05. The zero-order valence-corrected chi connectivity index (χ0v) is 26.4. The van der Waals surface area contributed by atoms with Gasteiger partial charge in [-0.05, 0) is 73.4 Å². The molecule has 0 bridgehead atoms. The van der Waals surface area contributed by atoms with Crippen molar-refractivity contribution in [1.29, 1.82) is 0 Å². The molecule has 0 aliphatic carbocycles. The fourth-order valence-electron chi connectivity index (χ4n) is 4.50. The molecule has 0 amide bonds. The van der Waals surface area contributed by atoms with Gasteiger partial charge in [0.25, 0.3) is 0 Å². The third kappa shape index (κ3) is 7.28. The average Bonchev–Trinajstić information content (AvgIpc) is 3.37. The maximum atomic E-state index is 13.6. The fourth-order valence-corrected chi connectivity index (χ4v) is 7.02. The molecule has 4 aromatic carbocycles. The molecule has 1 aromatic heterocycles. The van der Waals surface area contributed by atoms with Gasteiger partial charge in [-0.1, -0.05) is 106 Å². The number of nitrogens with one attached hydrogen (secondary N) is 1. The van der Waals surface area contributed by atoms with E-state index in [4.69, 9.17) is 11.6 Å². The van der Waals surface area contributed by atoms with Crippen molar-refractivity contribution in [3.63, 3.8) is 0 Å². The Balaban J connectivity index is 1.61. The van der Waals surface area contributed by atoms with Crippen LogP contribution in [-0.4, -0.2) is 23.2 Å². The molecule has 41 heavy (non-hydrogen) atoms. The summed E-state index contributed by atoms with van der Waals surface area (Å²) in [5.41, 5.74) is 5.06. The Morgan fingerprint density at radius 3 is 2.37 bits per heavy atom. The highest BCUT2D eigenvalue weighted by atomic mass is 79.9. The van der Waals surface area contributed by atoms with E-state index in [0.717, 1.165) is 26.9 Å². The van der Waals surface area contributed by atoms with Gasteiger partial charge in [0.15, 0.2) is 11.0 Å². The molecular weight excluding hydrogens is 640 g/mol. The second kappa shape index (κ2) is 12.9. The number of hydrogen-bond acceptors (Lipinski definition) is 5. The van der Waals surface area contributed by atoms with E-state index in [0.29, 0.717) is 28.2 Å². The van der Waals surface area contributed by atoms with Gasteiger partial charge >= 0.3 is 0 Å². The van der Waals surface area contributed by atoms with Crippen molar-refractivity contribution < 1.29 is 8.42 Å². The predicted octanol–water partition coefficient (Wildman–Crippen LogP) is 7.85. The second-order valence-electron chi connectivity index (χ2n) is 9.70. The van der Waals surface area contributed by atoms with Crippen molar-refractivity contribution in [1.82, 2.24) is 19.5 Å². The van der Waals surface area contributed by atoms with Gasteiger partial charge in [0, 0.05) is 15.2 Å². The number of aryl methyl sites for hydroxylation is 2. The van der Waals surface area contributed by atoms with Crippen molar-refractivity contribution in [3.05, 3.63) is 135 Å². The number of sulfonamides is 1. The summed E-state index contributed by atoms with van der Waals surface area (Å²) in [6.07, 6.45) is 0.372. The molecule has 6 nitrogen and oxygen atoms in total. The Morgan fingerprint density at radius 2 is 1.63 bits per heavy atom. The molecule has 210 valence electrons. The lowest BCUT2D eigenvalue weighted by Crippen LogP contribution is -2.32. The molecule has 10 heteroatoms. The minimum Gasteiger partial charge on any atom is -0.272 e. The molecule has 0 saturated heterocycles. The molecule has 1 heterocycles. The summed E-state index contributed by atoms with van der Waals surface area (Å²) in [4.78, 5) is 0.165. The van der Waals surface area contributed by atoms with Crippen LogP contribution < -0.4 is 4.72 Å². The molecule has 0 aliphatic rings. The first-order valence-electron chi connectivity index (χ1n) is 12.9. The van der Waals surface area contributed by atoms with Crippen molar-refractivity contribution in [2.75, 3.05) is 0 Å². The van der Waals surface area contributed by atoms with E-state index < -0.39 is 16.1 Å². The Bertz CT molecular complexity index is 1760. The zero-order valence-electron chi connectivity index (χ0n) is 22.5. The molecule has 5 aromatic rings. The van der Waals surface area contributed by atoms with Crippen LogP contribution in [0.2, 0.25) is 5.02 Å². The van der Waals surface area contributed by atoms with Crippen LogP contribution in [0.1, 0.15) is 34.1 Å². The molecule has 0 aliphatic heterocycles. The summed E-state index contributed by atoms with van der Waals surface area (Å²) >= 11 is 11.4. The molecular formula is C31H28BrClN4O2S2. The number of nitrogens with zero attached hydrogens (tertiary/aromatic N) is 3. The molecule has 0 saturated carbocycles. The van der Waals surface area contributed by atoms with Gasteiger partial charge in [0.05, 0.1) is 16.6 Å². The van der Waals surface area contributed by atoms with Gasteiger partial charge in [-0.25, -0.2) is 13.1 Å². The van der Waals surface area contributed by atoms with E-state index in [1.54, 1.807) is 36.0 Å². The van der Waals surface area contributed by atoms with Gasteiger partial charge in [-0.2, -0.15) is 0 Å². The van der Waals surface area contributed by atoms with Gasteiger partial charge < -0.3 is 0 Å². The lowest BCUT2D eigenvalue weighted by atomic mass is 10.1. The Labute approximate surface area is 258 Å². The first kappa shape index (κ1) is 29.5. The van der Waals surface area contributed by atoms with Crippen LogP contribution in [-0.2, 0) is 22.2 Å². The molecule has 1 atom stereocenters. The highest BCUT2D eigenvalue weighted by molar-refractivity contribution is 9.10. The number of halogens is 2. The minimum absolute atomic E-state index is 0.165. The highest BCUT2D eigenvalue weighted by Crippen LogP contribution is 2.32. The molecule has 0 fully saturated rings. The van der Waals surface area contributed by atoms with Crippen molar-refractivity contribution in [2.24, 2.45) is 0 Å². The number of aromatic nitrogens is 3. The molecule has 5 rings (SSSR count). The lowest BCUT2D eigenvalue weighted by Gasteiger charge is -2.21. The molecule has 0 spiro atoms. The highest BCUT2D eigenvalue weighted by Gasteiger charge is 2.29. The second-order valence-corrected chi connectivity index (χ2v) is 13.7. The van der Waals surface area contributed by atoms with Crippen LogP contribution in [0.4, 0.5) is 0 Å². The summed E-state index contributed by atoms with van der Waals surface area (Å²) in [7, 11) is -3.90. The summed E-state index contributed by atoms with van der Waals surface area (Å²) < 4.78 is 32.9. The largest absolute Gasteiger partial charge is 0.272 e. The third-order valence-corrected chi connectivity index (χ3v) is 9.79. The number of rotatable bonds is 10. The van der Waals surface area contributed by atoms with Gasteiger partial charge in [-0.3, -0.25) is 4.57 Å². The van der Waals surface area contributed by atoms with E-state index in [1.807, 2.05) is 66.1 Å². The van der Waals surface area contributed by atoms with Crippen LogP contribution in [0.3, 0.4) is 0 Å². The Kier molecular flexibility index (Phi) is 9.31. The lowest BCUT2D eigenvalue weighted by molar-refractivity contribution is 0.537. The smallest absolute Gasteiger partial charge is 0.241 e. The van der Waals surface area contributed by atoms with Crippen LogP contribution >= 0.6 is 39.3 Å². The van der Waals surface area contributed by atoms with E-state index in [1.165, 1.54) is 5.56 Å². The normalized spacial score (nSPS) is 12.4. The number of benzene rings is 4. The third-order valence-electron chi connectivity index (χ3n) is 6.54. The molecule has 0 radical (unpaired) electrons. The SMILES string of the molecule is Cc1cccc(CSc2nnc(C(Cc3ccccc3)NS(=O)(=O)c3ccc(Br)cc3)n2-c2cc(Cl)ccc2C)c1. The quantitative estimate of drug-likeness (QED) is 0.154. The Hall–Kier alpha value is -2.95. The van der Waals surface area contributed by atoms with Crippen LogP contribution in [0, 0.1) is 13.8 Å². The van der Waals surface area contributed by atoms with Crippen LogP contribution in [0.15, 0.2) is 112 Å². The summed E-state index contributed by atoms with van der Waals surface area (Å²) in [5, 5.41) is 10.4. The zero-order chi connectivity index (χ0) is 29.0. The van der Waals surface area contributed by atoms with Crippen molar-refractivity contribution in [2.45, 2.75) is 42.1 Å². The predicted molar refractivity (Wildman–Crippen MR) is 169 cm³/mol. The van der Waals surface area contributed by atoms with E-state index in [-0.39, 0.29) is 4.90 Å². The maximum Gasteiger partial charge on any atom is 0.241 e. The monoisotopic (exact) mass is 666 g/mol. The van der Waals surface area contributed by atoms with E-state index in [2.05, 4.69) is 56.0 Å². The van der Waals surface area contributed by atoms with Gasteiger partial charge in [-0.15, -0.1) is 10.2 Å². The first-order valence-corrected chi connectivity index (χ1v) is 16.6. The number of hydrogen-bond donors (Lipinski definition) is 1.